The number of hydrogen-bond donors (Lipinski definition) is 0. The van der Waals surface area contributed by atoms with E-state index in [1.54, 1.807) is 0 Å². The Labute approximate surface area is 307 Å². The van der Waals surface area contributed by atoms with Crippen LogP contribution in [0.2, 0.25) is 0 Å². The summed E-state index contributed by atoms with van der Waals surface area (Å²) in [6.07, 6.45) is 0. The Balaban J connectivity index is 1.01. The highest BCUT2D eigenvalue weighted by atomic mass is 16.3. The number of rotatable bonds is 6. The van der Waals surface area contributed by atoms with E-state index in [1.807, 2.05) is 12.1 Å². The Bertz CT molecular complexity index is 2960. The predicted molar refractivity (Wildman–Crippen MR) is 223 cm³/mol. The van der Waals surface area contributed by atoms with Crippen molar-refractivity contribution in [2.24, 2.45) is 0 Å². The number of para-hydroxylation sites is 5. The minimum Gasteiger partial charge on any atom is -0.454 e. The van der Waals surface area contributed by atoms with Crippen molar-refractivity contribution in [3.05, 3.63) is 194 Å². The fourth-order valence-electron chi connectivity index (χ4n) is 8.19. The highest BCUT2D eigenvalue weighted by molar-refractivity contribution is 6.13. The van der Waals surface area contributed by atoms with Crippen molar-refractivity contribution in [1.29, 1.82) is 0 Å². The maximum atomic E-state index is 6.53. The van der Waals surface area contributed by atoms with E-state index in [9.17, 15) is 0 Å². The first-order valence-electron chi connectivity index (χ1n) is 18.1. The predicted octanol–water partition coefficient (Wildman–Crippen LogP) is 14.5. The number of benzene rings is 9. The number of furan rings is 1. The minimum absolute atomic E-state index is 0.884. The smallest absolute Gasteiger partial charge is 0.159 e. The maximum Gasteiger partial charge on any atom is 0.159 e. The molecule has 1 aliphatic carbocycles. The van der Waals surface area contributed by atoms with Gasteiger partial charge in [-0.05, 0) is 141 Å². The molecule has 9 aromatic carbocycles. The molecular weight excluding hydrogens is 645 g/mol. The summed E-state index contributed by atoms with van der Waals surface area (Å²) in [5.74, 6) is 0. The molecule has 0 spiro atoms. The third kappa shape index (κ3) is 4.75. The number of anilines is 6. The molecule has 0 fully saturated rings. The highest BCUT2D eigenvalue weighted by Crippen LogP contribution is 2.51. The Morgan fingerprint density at radius 1 is 0.302 bits per heavy atom. The summed E-state index contributed by atoms with van der Waals surface area (Å²) < 4.78 is 6.53. The minimum atomic E-state index is 0.884. The molecule has 0 unspecified atom stereocenters. The Kier molecular flexibility index (Phi) is 6.55. The van der Waals surface area contributed by atoms with Gasteiger partial charge in [-0.25, -0.2) is 0 Å². The molecule has 0 N–H and O–H groups in total. The average molecular weight is 677 g/mol. The molecule has 1 aromatic heterocycles. The van der Waals surface area contributed by atoms with Crippen molar-refractivity contribution >= 4 is 77.6 Å². The molecule has 53 heavy (non-hydrogen) atoms. The number of nitrogens with zero attached hydrogens (tertiary/aromatic N) is 2. The first-order valence-corrected chi connectivity index (χ1v) is 18.1. The lowest BCUT2D eigenvalue weighted by Gasteiger charge is -2.28. The first-order chi connectivity index (χ1) is 26.3. The van der Waals surface area contributed by atoms with Gasteiger partial charge in [0.05, 0.1) is 5.69 Å². The molecular formula is C50H32N2O. The lowest BCUT2D eigenvalue weighted by Crippen LogP contribution is -2.10. The van der Waals surface area contributed by atoms with E-state index < -0.39 is 0 Å². The van der Waals surface area contributed by atoms with E-state index in [0.717, 1.165) is 56.1 Å². The third-order valence-electron chi connectivity index (χ3n) is 10.7. The van der Waals surface area contributed by atoms with Crippen LogP contribution in [0.15, 0.2) is 199 Å². The van der Waals surface area contributed by atoms with Crippen molar-refractivity contribution in [1.82, 2.24) is 0 Å². The number of hydrogen-bond acceptors (Lipinski definition) is 3. The van der Waals surface area contributed by atoms with Crippen molar-refractivity contribution < 1.29 is 4.42 Å². The van der Waals surface area contributed by atoms with E-state index >= 15 is 0 Å². The zero-order valence-corrected chi connectivity index (χ0v) is 28.8. The van der Waals surface area contributed by atoms with E-state index in [4.69, 9.17) is 4.42 Å². The summed E-state index contributed by atoms with van der Waals surface area (Å²) in [5.41, 5.74) is 13.6. The summed E-state index contributed by atoms with van der Waals surface area (Å²) in [5, 5.41) is 7.15. The molecule has 0 atom stereocenters. The van der Waals surface area contributed by atoms with Crippen LogP contribution in [0, 0.1) is 0 Å². The van der Waals surface area contributed by atoms with Gasteiger partial charge in [-0.1, -0.05) is 97.1 Å². The second kappa shape index (κ2) is 11.7. The van der Waals surface area contributed by atoms with Gasteiger partial charge in [0.15, 0.2) is 5.58 Å². The third-order valence-corrected chi connectivity index (χ3v) is 10.7. The van der Waals surface area contributed by atoms with Gasteiger partial charge in [0.25, 0.3) is 0 Å². The Morgan fingerprint density at radius 2 is 0.755 bits per heavy atom. The van der Waals surface area contributed by atoms with Gasteiger partial charge in [-0.2, -0.15) is 0 Å². The van der Waals surface area contributed by atoms with Gasteiger partial charge < -0.3 is 14.2 Å². The van der Waals surface area contributed by atoms with Crippen LogP contribution in [0.5, 0.6) is 0 Å². The summed E-state index contributed by atoms with van der Waals surface area (Å²) in [4.78, 5) is 4.64. The van der Waals surface area contributed by atoms with Crippen LogP contribution >= 0.6 is 0 Å². The van der Waals surface area contributed by atoms with E-state index in [2.05, 4.69) is 192 Å². The van der Waals surface area contributed by atoms with E-state index in [0.29, 0.717) is 0 Å². The van der Waals surface area contributed by atoms with Crippen LogP contribution in [0.25, 0.3) is 65.7 Å². The lowest BCUT2D eigenvalue weighted by atomic mass is 9.78. The van der Waals surface area contributed by atoms with Gasteiger partial charge in [-0.3, -0.25) is 0 Å². The number of fused-ring (bicyclic) bond motifs is 9. The monoisotopic (exact) mass is 676 g/mol. The van der Waals surface area contributed by atoms with Crippen LogP contribution in [0.3, 0.4) is 0 Å². The molecule has 0 aliphatic heterocycles. The molecule has 10 aromatic rings. The van der Waals surface area contributed by atoms with Crippen LogP contribution in [-0.4, -0.2) is 0 Å². The summed E-state index contributed by atoms with van der Waals surface area (Å²) in [7, 11) is 0. The van der Waals surface area contributed by atoms with Crippen molar-refractivity contribution in [2.75, 3.05) is 9.80 Å². The molecule has 11 rings (SSSR count). The summed E-state index contributed by atoms with van der Waals surface area (Å²) >= 11 is 0. The van der Waals surface area contributed by atoms with Gasteiger partial charge in [0, 0.05) is 39.2 Å². The highest BCUT2D eigenvalue weighted by Gasteiger charge is 2.25. The van der Waals surface area contributed by atoms with E-state index in [-0.39, 0.29) is 0 Å². The molecule has 248 valence electrons. The SMILES string of the molecule is c1ccc(N(c2ccccc2)c2ccc3cc4c(cc3c2)-c2cc3ccc(N(c5ccccc5)c5cccc6c5oc5ccccc56)cc3cc2-4)cc1. The maximum absolute atomic E-state index is 6.53. The lowest BCUT2D eigenvalue weighted by molar-refractivity contribution is 0.669. The molecule has 0 saturated heterocycles. The molecule has 0 amide bonds. The van der Waals surface area contributed by atoms with Crippen molar-refractivity contribution in [2.45, 2.75) is 0 Å². The molecule has 0 radical (unpaired) electrons. The first kappa shape index (κ1) is 29.6. The molecule has 0 bridgehead atoms. The second-order valence-corrected chi connectivity index (χ2v) is 13.8. The molecule has 1 heterocycles. The zero-order chi connectivity index (χ0) is 34.9. The van der Waals surface area contributed by atoms with Gasteiger partial charge in [0.2, 0.25) is 0 Å². The second-order valence-electron chi connectivity index (χ2n) is 13.8. The van der Waals surface area contributed by atoms with Gasteiger partial charge >= 0.3 is 0 Å². The fraction of sp³-hybridized carbons (Fsp3) is 0. The topological polar surface area (TPSA) is 19.6 Å². The van der Waals surface area contributed by atoms with Crippen LogP contribution < -0.4 is 9.80 Å². The molecule has 3 heteroatoms. The van der Waals surface area contributed by atoms with Crippen LogP contribution in [0.1, 0.15) is 0 Å². The van der Waals surface area contributed by atoms with Gasteiger partial charge in [0.1, 0.15) is 5.58 Å². The Morgan fingerprint density at radius 3 is 1.32 bits per heavy atom. The van der Waals surface area contributed by atoms with Crippen LogP contribution in [-0.2, 0) is 0 Å². The van der Waals surface area contributed by atoms with Crippen LogP contribution in [0.4, 0.5) is 34.1 Å². The average Bonchev–Trinajstić information content (AvgIpc) is 3.61. The van der Waals surface area contributed by atoms with E-state index in [1.165, 1.54) is 43.8 Å². The summed E-state index contributed by atoms with van der Waals surface area (Å²) in [6.45, 7) is 0. The normalized spacial score (nSPS) is 11.8. The standard InChI is InChI=1S/C50H32N2O/c1-4-13-37(14-5-1)51(38-15-6-2-7-16-38)40-25-23-33-29-44-46(31-35(33)27-40)45-30-34-24-26-41(28-36(34)32-47(44)45)52(39-17-8-3-9-18-39)48-21-12-20-43-42-19-10-11-22-49(42)53-50(43)48/h1-32H. The Hall–Kier alpha value is -7.10. The zero-order valence-electron chi connectivity index (χ0n) is 28.8. The summed E-state index contributed by atoms with van der Waals surface area (Å²) in [6, 6.07) is 69.6. The molecule has 3 nitrogen and oxygen atoms in total. The van der Waals surface area contributed by atoms with Crippen molar-refractivity contribution in [3.63, 3.8) is 0 Å². The quantitative estimate of drug-likeness (QED) is 0.175. The fourth-order valence-corrected chi connectivity index (χ4v) is 8.19. The van der Waals surface area contributed by atoms with Gasteiger partial charge in [-0.15, -0.1) is 0 Å². The van der Waals surface area contributed by atoms with Crippen molar-refractivity contribution in [3.8, 4) is 22.3 Å². The molecule has 0 saturated carbocycles. The largest absolute Gasteiger partial charge is 0.454 e. The molecule has 1 aliphatic rings.